The van der Waals surface area contributed by atoms with E-state index >= 15 is 0 Å². The molecule has 1 aromatic heterocycles. The van der Waals surface area contributed by atoms with Crippen LogP contribution in [0.25, 0.3) is 0 Å². The van der Waals surface area contributed by atoms with Gasteiger partial charge in [0.25, 0.3) is 0 Å². The molecule has 0 aromatic carbocycles. The van der Waals surface area contributed by atoms with Crippen molar-refractivity contribution < 1.29 is 42.9 Å². The summed E-state index contributed by atoms with van der Waals surface area (Å²) in [5, 5.41) is 3.42. The minimum absolute atomic E-state index is 0.0388. The van der Waals surface area contributed by atoms with E-state index in [9.17, 15) is 19.2 Å². The molecule has 208 valence electrons. The number of pyridine rings is 1. The highest BCUT2D eigenvalue weighted by Crippen LogP contribution is 2.32. The fourth-order valence-electron chi connectivity index (χ4n) is 4.64. The van der Waals surface area contributed by atoms with Gasteiger partial charge in [0.05, 0.1) is 6.04 Å². The van der Waals surface area contributed by atoms with E-state index in [1.54, 1.807) is 12.4 Å². The summed E-state index contributed by atoms with van der Waals surface area (Å²) in [5.41, 5.74) is 0.998. The van der Waals surface area contributed by atoms with Crippen molar-refractivity contribution >= 4 is 41.2 Å². The van der Waals surface area contributed by atoms with Crippen molar-refractivity contribution in [1.82, 2.24) is 15.2 Å². The second-order valence-corrected chi connectivity index (χ2v) is 9.45. The Morgan fingerprint density at radius 2 is 1.66 bits per heavy atom. The maximum Gasteiger partial charge on any atom is 0.303 e. The molecule has 0 amide bonds. The number of piperidine rings is 1. The molecule has 0 radical (unpaired) electrons. The minimum Gasteiger partial charge on any atom is -0.463 e. The van der Waals surface area contributed by atoms with E-state index in [0.29, 0.717) is 11.7 Å². The van der Waals surface area contributed by atoms with Crippen molar-refractivity contribution in [2.24, 2.45) is 0 Å². The SMILES string of the molecule is CC(=O)OC[C@@H]1O[C@@H](NC(=S)N2CCCC[C@@H]2c2cccnc2)[C@H](OC(C)=O)[C@H](OC(C)=O)[C@@H]1OC(C)=O. The first kappa shape index (κ1) is 29.2. The molecule has 0 saturated carbocycles. The lowest BCUT2D eigenvalue weighted by Gasteiger charge is -2.46. The molecule has 3 heterocycles. The van der Waals surface area contributed by atoms with Crippen LogP contribution in [-0.4, -0.2) is 82.7 Å². The second-order valence-electron chi connectivity index (χ2n) is 9.06. The van der Waals surface area contributed by atoms with E-state index < -0.39 is 54.5 Å². The van der Waals surface area contributed by atoms with E-state index in [4.69, 9.17) is 35.9 Å². The molecule has 0 aliphatic carbocycles. The summed E-state index contributed by atoms with van der Waals surface area (Å²) in [4.78, 5) is 53.8. The number of carbonyl (C=O) groups excluding carboxylic acids is 4. The zero-order chi connectivity index (χ0) is 27.8. The Morgan fingerprint density at radius 1 is 1.00 bits per heavy atom. The van der Waals surface area contributed by atoms with Crippen LogP contribution in [0.15, 0.2) is 24.5 Å². The highest BCUT2D eigenvalue weighted by Gasteiger charge is 2.52. The topological polar surface area (TPSA) is 143 Å². The summed E-state index contributed by atoms with van der Waals surface area (Å²) in [6.07, 6.45) is 0.338. The maximum atomic E-state index is 12.1. The number of hydrogen-bond donors (Lipinski definition) is 1. The first-order valence-electron chi connectivity index (χ1n) is 12.3. The molecular weight excluding hydrogens is 518 g/mol. The summed E-state index contributed by atoms with van der Waals surface area (Å²) < 4.78 is 27.6. The third-order valence-electron chi connectivity index (χ3n) is 6.09. The van der Waals surface area contributed by atoms with Crippen LogP contribution in [0.1, 0.15) is 58.6 Å². The standard InChI is InChI=1S/C25H33N3O9S/c1-14(29)33-13-20-21(34-15(2)30)22(35-16(3)31)23(36-17(4)32)24(37-20)27-25(38)28-11-6-5-9-19(28)18-8-7-10-26-12-18/h7-8,10,12,19-24H,5-6,9,11,13H2,1-4H3,(H,27,38)/t19-,20+,21-,22-,23-,24-/m1/s1. The van der Waals surface area contributed by atoms with Gasteiger partial charge in [-0.3, -0.25) is 24.2 Å². The lowest BCUT2D eigenvalue weighted by Crippen LogP contribution is -2.67. The van der Waals surface area contributed by atoms with E-state index in [1.807, 2.05) is 17.0 Å². The van der Waals surface area contributed by atoms with Crippen LogP contribution in [0.3, 0.4) is 0 Å². The number of rotatable bonds is 7. The van der Waals surface area contributed by atoms with Gasteiger partial charge in [-0.1, -0.05) is 6.07 Å². The van der Waals surface area contributed by atoms with Gasteiger partial charge in [-0.2, -0.15) is 0 Å². The summed E-state index contributed by atoms with van der Waals surface area (Å²) in [6, 6.07) is 3.80. The zero-order valence-corrected chi connectivity index (χ0v) is 22.6. The number of thiocarbonyl (C=S) groups is 1. The van der Waals surface area contributed by atoms with Crippen molar-refractivity contribution in [3.63, 3.8) is 0 Å². The highest BCUT2D eigenvalue weighted by atomic mass is 32.1. The third-order valence-corrected chi connectivity index (χ3v) is 6.44. The summed E-state index contributed by atoms with van der Waals surface area (Å²) >= 11 is 5.76. The van der Waals surface area contributed by atoms with Gasteiger partial charge in [0.1, 0.15) is 12.7 Å². The lowest BCUT2D eigenvalue weighted by molar-refractivity contribution is -0.255. The van der Waals surface area contributed by atoms with E-state index in [1.165, 1.54) is 27.7 Å². The number of esters is 4. The first-order chi connectivity index (χ1) is 18.1. The van der Waals surface area contributed by atoms with Gasteiger partial charge in [0, 0.05) is 46.6 Å². The maximum absolute atomic E-state index is 12.1. The van der Waals surface area contributed by atoms with Gasteiger partial charge in [-0.15, -0.1) is 0 Å². The molecule has 2 saturated heterocycles. The number of hydrogen-bond acceptors (Lipinski definition) is 11. The highest BCUT2D eigenvalue weighted by molar-refractivity contribution is 7.80. The molecule has 1 N–H and O–H groups in total. The van der Waals surface area contributed by atoms with Crippen LogP contribution in [0.5, 0.6) is 0 Å². The van der Waals surface area contributed by atoms with Crippen LogP contribution in [0.2, 0.25) is 0 Å². The van der Waals surface area contributed by atoms with Gasteiger partial charge in [0.15, 0.2) is 29.7 Å². The molecule has 6 atom stereocenters. The number of nitrogens with zero attached hydrogens (tertiary/aromatic N) is 2. The summed E-state index contributed by atoms with van der Waals surface area (Å²) in [6.45, 7) is 5.10. The Bertz CT molecular complexity index is 1020. The molecule has 2 fully saturated rings. The second kappa shape index (κ2) is 13.5. The predicted octanol–water partition coefficient (Wildman–Crippen LogP) is 1.57. The average Bonchev–Trinajstić information content (AvgIpc) is 2.86. The van der Waals surface area contributed by atoms with Crippen molar-refractivity contribution in [2.45, 2.75) is 83.6 Å². The quantitative estimate of drug-likeness (QED) is 0.298. The largest absolute Gasteiger partial charge is 0.463 e. The molecule has 13 heteroatoms. The molecule has 12 nitrogen and oxygen atoms in total. The van der Waals surface area contributed by atoms with Crippen LogP contribution >= 0.6 is 12.2 Å². The number of likely N-dealkylation sites (tertiary alicyclic amines) is 1. The van der Waals surface area contributed by atoms with E-state index in [2.05, 4.69) is 10.3 Å². The smallest absolute Gasteiger partial charge is 0.303 e. The third kappa shape index (κ3) is 7.84. The number of carbonyl (C=O) groups is 4. The zero-order valence-electron chi connectivity index (χ0n) is 21.8. The molecule has 2 aliphatic rings. The van der Waals surface area contributed by atoms with Crippen LogP contribution in [0.4, 0.5) is 0 Å². The summed E-state index contributed by atoms with van der Waals surface area (Å²) in [5.74, 6) is -2.67. The average molecular weight is 552 g/mol. The molecule has 1 aromatic rings. The van der Waals surface area contributed by atoms with E-state index in [-0.39, 0.29) is 12.6 Å². The van der Waals surface area contributed by atoms with Crippen LogP contribution in [0, 0.1) is 0 Å². The Balaban J connectivity index is 1.92. The number of nitrogens with one attached hydrogen (secondary N) is 1. The molecule has 38 heavy (non-hydrogen) atoms. The monoisotopic (exact) mass is 551 g/mol. The van der Waals surface area contributed by atoms with Gasteiger partial charge >= 0.3 is 23.9 Å². The molecule has 0 spiro atoms. The van der Waals surface area contributed by atoms with Gasteiger partial charge in [-0.25, -0.2) is 0 Å². The van der Waals surface area contributed by atoms with Crippen molar-refractivity contribution in [3.8, 4) is 0 Å². The minimum atomic E-state index is -1.27. The molecule has 0 bridgehead atoms. The van der Waals surface area contributed by atoms with Crippen molar-refractivity contribution in [3.05, 3.63) is 30.1 Å². The van der Waals surface area contributed by atoms with Crippen molar-refractivity contribution in [1.29, 1.82) is 0 Å². The predicted molar refractivity (Wildman–Crippen MR) is 135 cm³/mol. The Kier molecular flexibility index (Phi) is 10.4. The fourth-order valence-corrected chi connectivity index (χ4v) is 4.98. The van der Waals surface area contributed by atoms with Gasteiger partial charge < -0.3 is 33.9 Å². The Labute approximate surface area is 226 Å². The Hall–Kier alpha value is -3.32. The first-order valence-corrected chi connectivity index (χ1v) is 12.7. The summed E-state index contributed by atoms with van der Waals surface area (Å²) in [7, 11) is 0. The fraction of sp³-hybridized carbons (Fsp3) is 0.600. The molecular formula is C25H33N3O9S. The molecule has 3 rings (SSSR count). The van der Waals surface area contributed by atoms with Gasteiger partial charge in [-0.05, 0) is 43.1 Å². The molecule has 0 unspecified atom stereocenters. The lowest BCUT2D eigenvalue weighted by atomic mass is 9.96. The van der Waals surface area contributed by atoms with Crippen LogP contribution in [-0.2, 0) is 42.9 Å². The normalized spacial score (nSPS) is 27.0. The van der Waals surface area contributed by atoms with Gasteiger partial charge in [0.2, 0.25) is 0 Å². The Morgan fingerprint density at radius 3 is 2.26 bits per heavy atom. The van der Waals surface area contributed by atoms with Crippen LogP contribution < -0.4 is 5.32 Å². The molecule has 2 aliphatic heterocycles. The van der Waals surface area contributed by atoms with E-state index in [0.717, 1.165) is 24.8 Å². The number of aromatic nitrogens is 1. The van der Waals surface area contributed by atoms with Crippen molar-refractivity contribution in [2.75, 3.05) is 13.2 Å². The number of ether oxygens (including phenoxy) is 5.